The largest absolute Gasteiger partial charge is 0.493 e. The summed E-state index contributed by atoms with van der Waals surface area (Å²) in [5.74, 6) is 0.493. The lowest BCUT2D eigenvalue weighted by atomic mass is 9.71. The molecule has 0 spiro atoms. The number of esters is 1. The van der Waals surface area contributed by atoms with Crippen molar-refractivity contribution < 1.29 is 23.8 Å². The molecule has 1 heterocycles. The number of hydrogen-bond donors (Lipinski definition) is 1. The highest BCUT2D eigenvalue weighted by atomic mass is 32.2. The van der Waals surface area contributed by atoms with Crippen LogP contribution in [-0.2, 0) is 14.3 Å². The highest BCUT2D eigenvalue weighted by Crippen LogP contribution is 2.46. The van der Waals surface area contributed by atoms with E-state index in [0.29, 0.717) is 42.1 Å². The number of carbonyl (C=O) groups excluding carboxylic acids is 2. The molecule has 0 aromatic heterocycles. The van der Waals surface area contributed by atoms with Crippen molar-refractivity contribution in [1.82, 2.24) is 5.32 Å². The van der Waals surface area contributed by atoms with Crippen molar-refractivity contribution in [3.05, 3.63) is 76.1 Å². The van der Waals surface area contributed by atoms with E-state index in [2.05, 4.69) is 5.32 Å². The van der Waals surface area contributed by atoms with Gasteiger partial charge >= 0.3 is 5.97 Å². The molecule has 1 aliphatic carbocycles. The molecule has 1 N–H and O–H groups in total. The number of dihydropyridines is 1. The van der Waals surface area contributed by atoms with Gasteiger partial charge in [-0.05, 0) is 67.3 Å². The molecule has 2 aromatic carbocycles. The summed E-state index contributed by atoms with van der Waals surface area (Å²) in [4.78, 5) is 28.1. The van der Waals surface area contributed by atoms with Gasteiger partial charge in [-0.15, -0.1) is 11.8 Å². The lowest BCUT2D eigenvalue weighted by Gasteiger charge is -2.36. The molecule has 0 amide bonds. The molecule has 0 unspecified atom stereocenters. The third-order valence-corrected chi connectivity index (χ3v) is 7.56. The van der Waals surface area contributed by atoms with Crippen LogP contribution in [0.4, 0.5) is 0 Å². The minimum absolute atomic E-state index is 0.00975. The van der Waals surface area contributed by atoms with Gasteiger partial charge in [0.2, 0.25) is 0 Å². The van der Waals surface area contributed by atoms with Crippen LogP contribution in [0.2, 0.25) is 0 Å². The molecule has 0 saturated heterocycles. The number of hydrogen-bond acceptors (Lipinski definition) is 7. The van der Waals surface area contributed by atoms with Crippen molar-refractivity contribution in [3.63, 3.8) is 0 Å². The fourth-order valence-corrected chi connectivity index (χ4v) is 5.46. The second-order valence-corrected chi connectivity index (χ2v) is 9.92. The number of nitrogens with one attached hydrogen (secondary N) is 1. The molecule has 0 fully saturated rings. The first-order chi connectivity index (χ1) is 17.4. The Morgan fingerprint density at radius 3 is 2.36 bits per heavy atom. The lowest BCUT2D eigenvalue weighted by Crippen LogP contribution is -2.36. The monoisotopic (exact) mass is 507 g/mol. The predicted octanol–water partition coefficient (Wildman–Crippen LogP) is 5.74. The van der Waals surface area contributed by atoms with E-state index >= 15 is 0 Å². The van der Waals surface area contributed by atoms with Gasteiger partial charge in [-0.1, -0.05) is 25.1 Å². The first-order valence-corrected chi connectivity index (χ1v) is 13.4. The summed E-state index contributed by atoms with van der Waals surface area (Å²) < 4.78 is 16.4. The Bertz CT molecular complexity index is 1210. The Morgan fingerprint density at radius 2 is 1.72 bits per heavy atom. The zero-order valence-electron chi connectivity index (χ0n) is 21.5. The van der Waals surface area contributed by atoms with E-state index in [9.17, 15) is 9.59 Å². The molecule has 2 aromatic rings. The topological polar surface area (TPSA) is 73.9 Å². The van der Waals surface area contributed by atoms with Gasteiger partial charge < -0.3 is 19.5 Å². The molecule has 36 heavy (non-hydrogen) atoms. The van der Waals surface area contributed by atoms with Gasteiger partial charge in [0.25, 0.3) is 0 Å². The average Bonchev–Trinajstić information content (AvgIpc) is 2.90. The van der Waals surface area contributed by atoms with Crippen LogP contribution in [0.25, 0.3) is 0 Å². The third kappa shape index (κ3) is 5.03. The van der Waals surface area contributed by atoms with Crippen molar-refractivity contribution in [2.45, 2.75) is 49.8 Å². The standard InChI is InChI=1S/C29H33NO5S/c1-6-13-35-29(32)26-17(2)30-22-14-20(19-9-12-24(33-3)25(16-19)34-4)15-23(31)28(22)27(26)18-7-10-21(36-5)11-8-18/h7-12,16,20,27,30H,6,13-15H2,1-5H3/t20-,27+/m0/s1. The van der Waals surface area contributed by atoms with Gasteiger partial charge in [0.15, 0.2) is 17.3 Å². The van der Waals surface area contributed by atoms with Crippen LogP contribution < -0.4 is 14.8 Å². The Hall–Kier alpha value is -3.19. The molecule has 2 atom stereocenters. The van der Waals surface area contributed by atoms with Gasteiger partial charge in [-0.25, -0.2) is 4.79 Å². The number of ether oxygens (including phenoxy) is 3. The predicted molar refractivity (Wildman–Crippen MR) is 142 cm³/mol. The Balaban J connectivity index is 1.75. The molecule has 0 radical (unpaired) electrons. The van der Waals surface area contributed by atoms with Crippen molar-refractivity contribution >= 4 is 23.5 Å². The summed E-state index contributed by atoms with van der Waals surface area (Å²) in [6, 6.07) is 13.9. The average molecular weight is 508 g/mol. The fourth-order valence-electron chi connectivity index (χ4n) is 5.05. The van der Waals surface area contributed by atoms with E-state index in [-0.39, 0.29) is 17.7 Å². The van der Waals surface area contributed by atoms with Gasteiger partial charge in [0.05, 0.1) is 26.4 Å². The summed E-state index contributed by atoms with van der Waals surface area (Å²) >= 11 is 1.66. The molecule has 7 heteroatoms. The first-order valence-electron chi connectivity index (χ1n) is 12.2. The van der Waals surface area contributed by atoms with Gasteiger partial charge in [-0.2, -0.15) is 0 Å². The maximum absolute atomic E-state index is 13.8. The van der Waals surface area contributed by atoms with E-state index < -0.39 is 5.92 Å². The summed E-state index contributed by atoms with van der Waals surface area (Å²) in [5.41, 5.74) is 4.71. The van der Waals surface area contributed by atoms with Crippen molar-refractivity contribution in [2.24, 2.45) is 0 Å². The third-order valence-electron chi connectivity index (χ3n) is 6.81. The highest BCUT2D eigenvalue weighted by molar-refractivity contribution is 7.98. The van der Waals surface area contributed by atoms with Crippen LogP contribution in [0, 0.1) is 0 Å². The van der Waals surface area contributed by atoms with Gasteiger partial charge in [0, 0.05) is 34.2 Å². The molecule has 6 nitrogen and oxygen atoms in total. The Labute approximate surface area is 217 Å². The number of allylic oxidation sites excluding steroid dienone is 3. The van der Waals surface area contributed by atoms with Crippen LogP contribution in [0.15, 0.2) is 69.9 Å². The molecule has 0 bridgehead atoms. The second kappa shape index (κ2) is 11.2. The number of carbonyl (C=O) groups is 2. The SMILES string of the molecule is CCCOC(=O)C1=C(C)NC2=C(C(=O)C[C@@H](c3ccc(OC)c(OC)c3)C2)[C@@H]1c1ccc(SC)cc1. The summed E-state index contributed by atoms with van der Waals surface area (Å²) in [7, 11) is 3.21. The van der Waals surface area contributed by atoms with Crippen LogP contribution in [0.3, 0.4) is 0 Å². The van der Waals surface area contributed by atoms with Crippen LogP contribution in [0.1, 0.15) is 56.1 Å². The number of ketones is 1. The summed E-state index contributed by atoms with van der Waals surface area (Å²) in [6.07, 6.45) is 3.77. The zero-order valence-corrected chi connectivity index (χ0v) is 22.3. The maximum Gasteiger partial charge on any atom is 0.336 e. The van der Waals surface area contributed by atoms with Crippen LogP contribution >= 0.6 is 11.8 Å². The normalized spacial score (nSPS) is 19.5. The quantitative estimate of drug-likeness (QED) is 0.361. The van der Waals surface area contributed by atoms with Crippen molar-refractivity contribution in [1.29, 1.82) is 0 Å². The molecular weight excluding hydrogens is 474 g/mol. The lowest BCUT2D eigenvalue weighted by molar-refractivity contribution is -0.139. The second-order valence-electron chi connectivity index (χ2n) is 9.04. The summed E-state index contributed by atoms with van der Waals surface area (Å²) in [5, 5.41) is 3.41. The van der Waals surface area contributed by atoms with E-state index in [1.54, 1.807) is 26.0 Å². The van der Waals surface area contributed by atoms with Gasteiger partial charge in [-0.3, -0.25) is 4.79 Å². The minimum Gasteiger partial charge on any atom is -0.493 e. The molecule has 2 aliphatic rings. The van der Waals surface area contributed by atoms with Gasteiger partial charge in [0.1, 0.15) is 0 Å². The van der Waals surface area contributed by atoms with E-state index in [4.69, 9.17) is 14.2 Å². The van der Waals surface area contributed by atoms with Crippen LogP contribution in [-0.4, -0.2) is 38.8 Å². The Kier molecular flexibility index (Phi) is 8.09. The number of methoxy groups -OCH3 is 2. The maximum atomic E-state index is 13.8. The number of thioether (sulfide) groups is 1. The molecular formula is C29H33NO5S. The Morgan fingerprint density at radius 1 is 1.03 bits per heavy atom. The molecule has 190 valence electrons. The van der Waals surface area contributed by atoms with E-state index in [1.807, 2.05) is 62.6 Å². The number of rotatable bonds is 8. The van der Waals surface area contributed by atoms with E-state index in [0.717, 1.165) is 33.8 Å². The summed E-state index contributed by atoms with van der Waals surface area (Å²) in [6.45, 7) is 4.20. The minimum atomic E-state index is -0.458. The van der Waals surface area contributed by atoms with Crippen molar-refractivity contribution in [2.75, 3.05) is 27.1 Å². The number of Topliss-reactive ketones (excluding diaryl/α,β-unsaturated/α-hetero) is 1. The van der Waals surface area contributed by atoms with Crippen molar-refractivity contribution in [3.8, 4) is 11.5 Å². The molecule has 0 saturated carbocycles. The first kappa shape index (κ1) is 25.9. The molecule has 1 aliphatic heterocycles. The highest BCUT2D eigenvalue weighted by Gasteiger charge is 2.41. The fraction of sp³-hybridized carbons (Fsp3) is 0.379. The smallest absolute Gasteiger partial charge is 0.336 e. The molecule has 4 rings (SSSR count). The van der Waals surface area contributed by atoms with Crippen LogP contribution in [0.5, 0.6) is 11.5 Å². The number of benzene rings is 2. The zero-order chi connectivity index (χ0) is 25.8. The van der Waals surface area contributed by atoms with E-state index in [1.165, 1.54) is 0 Å².